The van der Waals surface area contributed by atoms with Crippen molar-refractivity contribution in [2.45, 2.75) is 44.7 Å². The van der Waals surface area contributed by atoms with E-state index in [0.29, 0.717) is 29.2 Å². The molecule has 2 aromatic heterocycles. The minimum atomic E-state index is -4.89. The number of rotatable bonds is 12. The minimum Gasteiger partial charge on any atom is -0.398 e. The molecule has 15 heteroatoms. The molecule has 1 unspecified atom stereocenters. The van der Waals surface area contributed by atoms with E-state index < -0.39 is 42.6 Å². The predicted octanol–water partition coefficient (Wildman–Crippen LogP) is 4.55. The second kappa shape index (κ2) is 15.0. The van der Waals surface area contributed by atoms with Crippen molar-refractivity contribution in [2.75, 3.05) is 58.8 Å². The number of amides is 1. The summed E-state index contributed by atoms with van der Waals surface area (Å²) in [5.74, 6) is 4.57. The van der Waals surface area contributed by atoms with Crippen molar-refractivity contribution in [1.82, 2.24) is 24.6 Å². The van der Waals surface area contributed by atoms with Gasteiger partial charge < -0.3 is 30.0 Å². The van der Waals surface area contributed by atoms with Crippen molar-refractivity contribution in [2.24, 2.45) is 5.92 Å². The first-order valence-electron chi connectivity index (χ1n) is 14.5. The van der Waals surface area contributed by atoms with E-state index in [1.165, 1.54) is 37.1 Å². The topological polar surface area (TPSA) is 99.6 Å². The first-order chi connectivity index (χ1) is 21.3. The van der Waals surface area contributed by atoms with Crippen LogP contribution in [0.2, 0.25) is 0 Å². The molecular formula is C30H36F6N6O3. The van der Waals surface area contributed by atoms with Crippen LogP contribution >= 0.6 is 0 Å². The number of aromatic nitrogens is 3. The Morgan fingerprint density at radius 1 is 1.13 bits per heavy atom. The molecule has 45 heavy (non-hydrogen) atoms. The highest BCUT2D eigenvalue weighted by molar-refractivity contribution is 5.95. The Balaban J connectivity index is 1.29. The number of hydrogen-bond acceptors (Lipinski definition) is 6. The third-order valence-corrected chi connectivity index (χ3v) is 7.44. The molecule has 3 aromatic rings. The summed E-state index contributed by atoms with van der Waals surface area (Å²) >= 11 is 0. The van der Waals surface area contributed by atoms with E-state index in [1.54, 1.807) is 0 Å². The molecule has 3 heterocycles. The standard InChI is InChI=1S/C30H36F6N6O3/c1-40-11-4-5-21(19-40)9-13-44-15-16-45-14-12-42-27(30(34,35)36)24(18-39-42)28(43)38-10-3-6-22-17-23-25(37)7-2-8-26(23)41(22)20-29(31,32)33/h2,7-8,17-18,21H,4-5,9-16,19-20,37H2,1H3,(H,38,43). The number of nitrogens with one attached hydrogen (secondary N) is 1. The Kier molecular flexibility index (Phi) is 11.4. The molecule has 1 aliphatic rings. The second-order valence-electron chi connectivity index (χ2n) is 10.9. The second-order valence-corrected chi connectivity index (χ2v) is 10.9. The van der Waals surface area contributed by atoms with Gasteiger partial charge in [0.15, 0.2) is 5.69 Å². The van der Waals surface area contributed by atoms with Crippen LogP contribution in [0.15, 0.2) is 30.5 Å². The van der Waals surface area contributed by atoms with Crippen LogP contribution < -0.4 is 11.1 Å². The highest BCUT2D eigenvalue weighted by Gasteiger charge is 2.40. The van der Waals surface area contributed by atoms with Gasteiger partial charge in [-0.3, -0.25) is 9.48 Å². The van der Waals surface area contributed by atoms with Crippen LogP contribution in [0.5, 0.6) is 0 Å². The number of carbonyl (C=O) groups is 1. The van der Waals surface area contributed by atoms with Gasteiger partial charge in [0.2, 0.25) is 0 Å². The van der Waals surface area contributed by atoms with Gasteiger partial charge in [-0.25, -0.2) is 0 Å². The molecule has 1 aliphatic heterocycles. The molecule has 1 saturated heterocycles. The average Bonchev–Trinajstić information content (AvgIpc) is 3.54. The third kappa shape index (κ3) is 9.62. The number of nitrogen functional groups attached to an aromatic ring is 1. The maximum Gasteiger partial charge on any atom is 0.433 e. The molecule has 4 rings (SSSR count). The van der Waals surface area contributed by atoms with Gasteiger partial charge in [-0.1, -0.05) is 12.0 Å². The smallest absolute Gasteiger partial charge is 0.398 e. The van der Waals surface area contributed by atoms with Gasteiger partial charge in [0.1, 0.15) is 6.54 Å². The Bertz CT molecular complexity index is 1500. The number of benzene rings is 1. The number of hydrogen-bond donors (Lipinski definition) is 2. The summed E-state index contributed by atoms with van der Waals surface area (Å²) < 4.78 is 93.9. The van der Waals surface area contributed by atoms with Gasteiger partial charge >= 0.3 is 12.4 Å². The largest absolute Gasteiger partial charge is 0.433 e. The monoisotopic (exact) mass is 642 g/mol. The zero-order valence-corrected chi connectivity index (χ0v) is 24.8. The van der Waals surface area contributed by atoms with Gasteiger partial charge in [-0.05, 0) is 62.9 Å². The van der Waals surface area contributed by atoms with E-state index in [1.807, 2.05) is 0 Å². The molecular weight excluding hydrogens is 606 g/mol. The lowest BCUT2D eigenvalue weighted by molar-refractivity contribution is -0.145. The number of nitrogens with two attached hydrogens (primary N) is 1. The van der Waals surface area contributed by atoms with Gasteiger partial charge in [0.25, 0.3) is 5.91 Å². The van der Waals surface area contributed by atoms with Crippen LogP contribution in [0.25, 0.3) is 10.9 Å². The number of carbonyl (C=O) groups excluding carboxylic acids is 1. The molecule has 0 radical (unpaired) electrons. The van der Waals surface area contributed by atoms with Crippen LogP contribution in [0.3, 0.4) is 0 Å². The maximum atomic E-state index is 13.9. The summed E-state index contributed by atoms with van der Waals surface area (Å²) in [6.07, 6.45) is -5.32. The first-order valence-corrected chi connectivity index (χ1v) is 14.5. The summed E-state index contributed by atoms with van der Waals surface area (Å²) in [5, 5.41) is 6.35. The van der Waals surface area contributed by atoms with Crippen molar-refractivity contribution in [3.8, 4) is 11.8 Å². The van der Waals surface area contributed by atoms with Crippen molar-refractivity contribution < 1.29 is 40.6 Å². The molecule has 246 valence electrons. The van der Waals surface area contributed by atoms with Gasteiger partial charge in [-0.15, -0.1) is 0 Å². The van der Waals surface area contributed by atoms with Crippen LogP contribution in [0.1, 0.15) is 41.0 Å². The third-order valence-electron chi connectivity index (χ3n) is 7.44. The molecule has 0 spiro atoms. The van der Waals surface area contributed by atoms with Crippen molar-refractivity contribution in [1.29, 1.82) is 0 Å². The lowest BCUT2D eigenvalue weighted by atomic mass is 9.96. The van der Waals surface area contributed by atoms with E-state index in [2.05, 4.69) is 34.2 Å². The Morgan fingerprint density at radius 3 is 2.60 bits per heavy atom. The van der Waals surface area contributed by atoms with Crippen LogP contribution in [-0.2, 0) is 28.7 Å². The van der Waals surface area contributed by atoms with E-state index in [4.69, 9.17) is 15.2 Å². The summed E-state index contributed by atoms with van der Waals surface area (Å²) in [5.41, 5.74) is 4.41. The van der Waals surface area contributed by atoms with Gasteiger partial charge in [0, 0.05) is 24.2 Å². The first kappa shape index (κ1) is 34.1. The summed E-state index contributed by atoms with van der Waals surface area (Å²) in [4.78, 5) is 14.9. The van der Waals surface area contributed by atoms with Crippen molar-refractivity contribution in [3.05, 3.63) is 47.4 Å². The Hall–Kier alpha value is -3.74. The molecule has 1 aromatic carbocycles. The van der Waals surface area contributed by atoms with E-state index in [0.717, 1.165) is 30.3 Å². The fourth-order valence-corrected chi connectivity index (χ4v) is 5.37. The van der Waals surface area contributed by atoms with Crippen LogP contribution in [0.4, 0.5) is 32.0 Å². The quantitative estimate of drug-likeness (QED) is 0.130. The Morgan fingerprint density at radius 2 is 1.89 bits per heavy atom. The number of ether oxygens (including phenoxy) is 2. The lowest BCUT2D eigenvalue weighted by Crippen LogP contribution is -2.32. The highest BCUT2D eigenvalue weighted by Crippen LogP contribution is 2.32. The molecule has 0 aliphatic carbocycles. The molecule has 9 nitrogen and oxygen atoms in total. The van der Waals surface area contributed by atoms with E-state index in [9.17, 15) is 31.1 Å². The van der Waals surface area contributed by atoms with E-state index in [-0.39, 0.29) is 36.7 Å². The fourth-order valence-electron chi connectivity index (χ4n) is 5.37. The zero-order valence-electron chi connectivity index (χ0n) is 24.8. The summed E-state index contributed by atoms with van der Waals surface area (Å²) in [6, 6.07) is 5.91. The number of likely N-dealkylation sites (tertiary alicyclic amines) is 1. The maximum absolute atomic E-state index is 13.9. The normalized spacial score (nSPS) is 16.1. The minimum absolute atomic E-state index is 0.0132. The molecule has 1 atom stereocenters. The number of nitrogens with zero attached hydrogens (tertiary/aromatic N) is 4. The molecule has 0 saturated carbocycles. The average molecular weight is 643 g/mol. The van der Waals surface area contributed by atoms with Crippen LogP contribution in [0, 0.1) is 17.8 Å². The molecule has 3 N–H and O–H groups in total. The Labute approximate surface area is 256 Å². The highest BCUT2D eigenvalue weighted by atomic mass is 19.4. The fraction of sp³-hybridized carbons (Fsp3) is 0.533. The SMILES string of the molecule is CN1CCCC(CCOCCOCCn2ncc(C(=O)NCC#Cc3cc4c(N)cccc4n3CC(F)(F)F)c2C(F)(F)F)C1. The van der Waals surface area contributed by atoms with Crippen molar-refractivity contribution in [3.63, 3.8) is 0 Å². The predicted molar refractivity (Wildman–Crippen MR) is 155 cm³/mol. The summed E-state index contributed by atoms with van der Waals surface area (Å²) in [7, 11) is 2.10. The zero-order chi connectivity index (χ0) is 32.6. The number of alkyl halides is 6. The van der Waals surface area contributed by atoms with Crippen LogP contribution in [-0.4, -0.2) is 84.4 Å². The number of halogens is 6. The number of anilines is 1. The molecule has 1 fully saturated rings. The van der Waals surface area contributed by atoms with E-state index >= 15 is 0 Å². The summed E-state index contributed by atoms with van der Waals surface area (Å²) in [6.45, 7) is 1.19. The van der Waals surface area contributed by atoms with Gasteiger partial charge in [-0.2, -0.15) is 31.4 Å². The molecule has 1 amide bonds. The number of fused-ring (bicyclic) bond motifs is 1. The molecule has 0 bridgehead atoms. The van der Waals surface area contributed by atoms with Gasteiger partial charge in [0.05, 0.1) is 55.9 Å². The number of piperidine rings is 1. The lowest BCUT2D eigenvalue weighted by Gasteiger charge is -2.29. The van der Waals surface area contributed by atoms with Crippen molar-refractivity contribution >= 4 is 22.5 Å².